The molecule has 0 aliphatic carbocycles. The Bertz CT molecular complexity index is 753. The molecule has 0 amide bonds. The minimum Gasteiger partial charge on any atom is -0.397 e. The minimum atomic E-state index is -0.307. The third kappa shape index (κ3) is 1.97. The molecule has 0 fully saturated rings. The Kier molecular flexibility index (Phi) is 2.56. The van der Waals surface area contributed by atoms with Gasteiger partial charge in [0.15, 0.2) is 11.0 Å². The van der Waals surface area contributed by atoms with Crippen LogP contribution in [0.4, 0.5) is 21.5 Å². The topological polar surface area (TPSA) is 77.0 Å². The Hall–Kier alpha value is -2.63. The SMILES string of the molecule is Cc1ccc(F)cc1Nc1ccc(N)c2nonc12. The van der Waals surface area contributed by atoms with Crippen LogP contribution >= 0.6 is 0 Å². The Morgan fingerprint density at radius 2 is 1.89 bits per heavy atom. The molecule has 1 aromatic heterocycles. The summed E-state index contributed by atoms with van der Waals surface area (Å²) in [7, 11) is 0. The van der Waals surface area contributed by atoms with E-state index in [0.717, 1.165) is 5.56 Å². The molecule has 5 nitrogen and oxygen atoms in total. The fourth-order valence-electron chi connectivity index (χ4n) is 1.86. The maximum absolute atomic E-state index is 13.3. The first-order chi connectivity index (χ1) is 9.15. The number of halogens is 1. The van der Waals surface area contributed by atoms with E-state index in [2.05, 4.69) is 20.3 Å². The van der Waals surface area contributed by atoms with Crippen LogP contribution in [0.15, 0.2) is 35.0 Å². The average Bonchev–Trinajstić information content (AvgIpc) is 2.87. The number of aryl methyl sites for hydroxylation is 1. The van der Waals surface area contributed by atoms with E-state index < -0.39 is 0 Å². The molecule has 19 heavy (non-hydrogen) atoms. The summed E-state index contributed by atoms with van der Waals surface area (Å²) in [6, 6.07) is 7.99. The highest BCUT2D eigenvalue weighted by molar-refractivity contribution is 5.96. The molecule has 0 aliphatic heterocycles. The molecule has 2 aromatic carbocycles. The van der Waals surface area contributed by atoms with Crippen LogP contribution in [0.2, 0.25) is 0 Å². The Balaban J connectivity index is 2.08. The van der Waals surface area contributed by atoms with Crippen molar-refractivity contribution in [3.8, 4) is 0 Å². The summed E-state index contributed by atoms with van der Waals surface area (Å²) < 4.78 is 17.9. The number of hydrogen-bond acceptors (Lipinski definition) is 5. The summed E-state index contributed by atoms with van der Waals surface area (Å²) in [5, 5.41) is 10.7. The molecule has 3 N–H and O–H groups in total. The fraction of sp³-hybridized carbons (Fsp3) is 0.0769. The molecule has 0 saturated heterocycles. The van der Waals surface area contributed by atoms with Crippen LogP contribution in [0.25, 0.3) is 11.0 Å². The van der Waals surface area contributed by atoms with Gasteiger partial charge in [0.25, 0.3) is 0 Å². The second-order valence-corrected chi connectivity index (χ2v) is 4.25. The highest BCUT2D eigenvalue weighted by Gasteiger charge is 2.11. The monoisotopic (exact) mass is 258 g/mol. The van der Waals surface area contributed by atoms with Gasteiger partial charge in [0, 0.05) is 5.69 Å². The summed E-state index contributed by atoms with van der Waals surface area (Å²) in [6.07, 6.45) is 0. The summed E-state index contributed by atoms with van der Waals surface area (Å²) in [6.45, 7) is 1.89. The number of nitrogens with zero attached hydrogens (tertiary/aromatic N) is 2. The maximum atomic E-state index is 13.3. The van der Waals surface area contributed by atoms with Gasteiger partial charge in [-0.05, 0) is 47.1 Å². The number of nitrogens with two attached hydrogens (primary N) is 1. The molecule has 0 unspecified atom stereocenters. The van der Waals surface area contributed by atoms with E-state index in [-0.39, 0.29) is 5.82 Å². The molecule has 0 atom stereocenters. The molecule has 3 aromatic rings. The molecule has 96 valence electrons. The summed E-state index contributed by atoms with van der Waals surface area (Å²) >= 11 is 0. The number of fused-ring (bicyclic) bond motifs is 1. The lowest BCUT2D eigenvalue weighted by Crippen LogP contribution is -1.96. The Labute approximate surface area is 108 Å². The van der Waals surface area contributed by atoms with Gasteiger partial charge in [0.1, 0.15) is 5.82 Å². The smallest absolute Gasteiger partial charge is 0.160 e. The lowest BCUT2D eigenvalue weighted by molar-refractivity contribution is 0.316. The van der Waals surface area contributed by atoms with Crippen molar-refractivity contribution in [3.05, 3.63) is 41.7 Å². The van der Waals surface area contributed by atoms with Gasteiger partial charge < -0.3 is 11.1 Å². The van der Waals surface area contributed by atoms with Crippen LogP contribution in [0, 0.1) is 12.7 Å². The largest absolute Gasteiger partial charge is 0.397 e. The molecule has 0 spiro atoms. The Morgan fingerprint density at radius 3 is 2.74 bits per heavy atom. The van der Waals surface area contributed by atoms with Crippen LogP contribution < -0.4 is 11.1 Å². The number of benzene rings is 2. The van der Waals surface area contributed by atoms with E-state index in [1.165, 1.54) is 12.1 Å². The Morgan fingerprint density at radius 1 is 1.11 bits per heavy atom. The van der Waals surface area contributed by atoms with Crippen molar-refractivity contribution in [1.29, 1.82) is 0 Å². The highest BCUT2D eigenvalue weighted by Crippen LogP contribution is 2.29. The molecule has 0 radical (unpaired) electrons. The van der Waals surface area contributed by atoms with Crippen molar-refractivity contribution >= 4 is 28.1 Å². The third-order valence-corrected chi connectivity index (χ3v) is 2.92. The van der Waals surface area contributed by atoms with Crippen LogP contribution in [0.1, 0.15) is 5.56 Å². The molecule has 1 heterocycles. The lowest BCUT2D eigenvalue weighted by atomic mass is 10.1. The summed E-state index contributed by atoms with van der Waals surface area (Å²) in [4.78, 5) is 0. The van der Waals surface area contributed by atoms with Gasteiger partial charge in [-0.3, -0.25) is 0 Å². The zero-order valence-electron chi connectivity index (χ0n) is 10.1. The first kappa shape index (κ1) is 11.5. The van der Waals surface area contributed by atoms with E-state index in [0.29, 0.717) is 28.1 Å². The zero-order chi connectivity index (χ0) is 13.4. The van der Waals surface area contributed by atoms with Crippen molar-refractivity contribution in [2.24, 2.45) is 0 Å². The van der Waals surface area contributed by atoms with Crippen LogP contribution in [-0.2, 0) is 0 Å². The lowest BCUT2D eigenvalue weighted by Gasteiger charge is -2.10. The second kappa shape index (κ2) is 4.24. The number of hydrogen-bond donors (Lipinski definition) is 2. The number of aromatic nitrogens is 2. The number of nitrogens with one attached hydrogen (secondary N) is 1. The van der Waals surface area contributed by atoms with Crippen molar-refractivity contribution in [2.45, 2.75) is 6.92 Å². The highest BCUT2D eigenvalue weighted by atomic mass is 19.1. The predicted molar refractivity (Wildman–Crippen MR) is 70.6 cm³/mol. The van der Waals surface area contributed by atoms with Crippen molar-refractivity contribution < 1.29 is 9.02 Å². The molecule has 0 aliphatic rings. The van der Waals surface area contributed by atoms with Crippen molar-refractivity contribution in [3.63, 3.8) is 0 Å². The van der Waals surface area contributed by atoms with Gasteiger partial charge in [0.05, 0.1) is 11.4 Å². The molecular weight excluding hydrogens is 247 g/mol. The fourth-order valence-corrected chi connectivity index (χ4v) is 1.86. The van der Waals surface area contributed by atoms with Crippen LogP contribution in [0.3, 0.4) is 0 Å². The van der Waals surface area contributed by atoms with Crippen molar-refractivity contribution in [1.82, 2.24) is 10.3 Å². The first-order valence-electron chi connectivity index (χ1n) is 5.69. The van der Waals surface area contributed by atoms with Crippen LogP contribution in [-0.4, -0.2) is 10.3 Å². The average molecular weight is 258 g/mol. The standard InChI is InChI=1S/C13H11FN4O/c1-7-2-3-8(14)6-11(7)16-10-5-4-9(15)12-13(10)18-19-17-12/h2-6,16H,15H2,1H3. The quantitative estimate of drug-likeness (QED) is 0.691. The van der Waals surface area contributed by atoms with E-state index in [4.69, 9.17) is 5.73 Å². The maximum Gasteiger partial charge on any atom is 0.160 e. The number of anilines is 3. The van der Waals surface area contributed by atoms with Crippen molar-refractivity contribution in [2.75, 3.05) is 11.1 Å². The number of nitrogen functional groups attached to an aromatic ring is 1. The summed E-state index contributed by atoms with van der Waals surface area (Å²) in [5.74, 6) is -0.307. The minimum absolute atomic E-state index is 0.307. The van der Waals surface area contributed by atoms with Crippen LogP contribution in [0.5, 0.6) is 0 Å². The molecular formula is C13H11FN4O. The predicted octanol–water partition coefficient (Wildman–Crippen LogP) is 3.00. The summed E-state index contributed by atoms with van der Waals surface area (Å²) in [5.41, 5.74) is 9.50. The van der Waals surface area contributed by atoms with E-state index >= 15 is 0 Å². The molecule has 0 bridgehead atoms. The second-order valence-electron chi connectivity index (χ2n) is 4.25. The third-order valence-electron chi connectivity index (χ3n) is 2.92. The van der Waals surface area contributed by atoms with E-state index in [1.54, 1.807) is 18.2 Å². The molecule has 6 heteroatoms. The zero-order valence-corrected chi connectivity index (χ0v) is 10.1. The normalized spacial score (nSPS) is 10.8. The van der Waals surface area contributed by atoms with Gasteiger partial charge in [-0.15, -0.1) is 0 Å². The first-order valence-corrected chi connectivity index (χ1v) is 5.69. The van der Waals surface area contributed by atoms with Gasteiger partial charge in [-0.1, -0.05) is 6.07 Å². The van der Waals surface area contributed by atoms with E-state index in [1.807, 2.05) is 6.92 Å². The number of rotatable bonds is 2. The molecule has 3 rings (SSSR count). The van der Waals surface area contributed by atoms with Gasteiger partial charge in [-0.25, -0.2) is 9.02 Å². The van der Waals surface area contributed by atoms with Gasteiger partial charge in [0.2, 0.25) is 0 Å². The van der Waals surface area contributed by atoms with E-state index in [9.17, 15) is 4.39 Å². The molecule has 0 saturated carbocycles. The van der Waals surface area contributed by atoms with Gasteiger partial charge in [-0.2, -0.15) is 0 Å². The van der Waals surface area contributed by atoms with Gasteiger partial charge >= 0.3 is 0 Å².